The number of benzene rings is 1. The summed E-state index contributed by atoms with van der Waals surface area (Å²) in [5.74, 6) is -2.62. The van der Waals surface area contributed by atoms with E-state index in [9.17, 15) is 9.90 Å². The molecule has 1 heterocycles. The second-order valence-corrected chi connectivity index (χ2v) is 5.43. The minimum absolute atomic E-state index is 0.00761. The lowest BCUT2D eigenvalue weighted by molar-refractivity contribution is -0.114. The van der Waals surface area contributed by atoms with Crippen LogP contribution in [0.2, 0.25) is 10.0 Å². The van der Waals surface area contributed by atoms with E-state index in [0.717, 1.165) is 6.08 Å². The molecule has 0 spiro atoms. The smallest absolute Gasteiger partial charge is 0.236 e. The first-order valence-electron chi connectivity index (χ1n) is 9.37. The molecule has 0 fully saturated rings. The number of carbonyl (C=O) groups excluding carboxylic acids is 1. The minimum atomic E-state index is -2.92. The summed E-state index contributed by atoms with van der Waals surface area (Å²) in [6.45, 7) is -4.53. The van der Waals surface area contributed by atoms with E-state index in [-0.39, 0.29) is 33.2 Å². The summed E-state index contributed by atoms with van der Waals surface area (Å²) in [5.41, 5.74) is 2.18. The molecule has 23 heavy (non-hydrogen) atoms. The van der Waals surface area contributed by atoms with Crippen molar-refractivity contribution in [3.05, 3.63) is 33.8 Å². The molecular weight excluding hydrogens is 341 g/mol. The summed E-state index contributed by atoms with van der Waals surface area (Å²) in [6, 6.07) is 2.74. The van der Waals surface area contributed by atoms with Gasteiger partial charge in [-0.15, -0.1) is 5.10 Å². The summed E-state index contributed by atoms with van der Waals surface area (Å²) in [6.07, 6.45) is -0.625. The van der Waals surface area contributed by atoms with E-state index in [1.807, 2.05) is 0 Å². The Labute approximate surface area is 152 Å². The highest BCUT2D eigenvalue weighted by atomic mass is 35.5. The van der Waals surface area contributed by atoms with Crippen molar-refractivity contribution in [1.29, 1.82) is 0 Å². The first-order valence-corrected chi connectivity index (χ1v) is 7.13. The third kappa shape index (κ3) is 4.37. The van der Waals surface area contributed by atoms with Crippen LogP contribution in [-0.4, -0.2) is 23.1 Å². The molecule has 1 aromatic carbocycles. The molecule has 0 radical (unpaired) electrons. The second-order valence-electron chi connectivity index (χ2n) is 4.61. The van der Waals surface area contributed by atoms with Crippen molar-refractivity contribution in [3.8, 4) is 5.75 Å². The molecule has 0 saturated carbocycles. The number of halogens is 2. The predicted octanol–water partition coefficient (Wildman–Crippen LogP) is 3.15. The van der Waals surface area contributed by atoms with E-state index in [2.05, 4.69) is 15.8 Å². The third-order valence-corrected chi connectivity index (χ3v) is 3.32. The van der Waals surface area contributed by atoms with Crippen LogP contribution in [-0.2, 0) is 4.79 Å². The summed E-state index contributed by atoms with van der Waals surface area (Å²) >= 11 is 12.2. The van der Waals surface area contributed by atoms with E-state index in [1.54, 1.807) is 0 Å². The molecule has 0 aromatic heterocycles. The van der Waals surface area contributed by atoms with Gasteiger partial charge in [0.15, 0.2) is 12.0 Å². The first-order chi connectivity index (χ1) is 13.2. The van der Waals surface area contributed by atoms with Crippen molar-refractivity contribution in [2.75, 3.05) is 5.32 Å². The Morgan fingerprint density at radius 3 is 2.70 bits per heavy atom. The SMILES string of the molecule is [2H]C([2H])([2H])C(C1=CC(Oc2c(Cl)cc(NC(C)=O)cc2Cl)=NNC1O)C([2H])([2H])[2H]. The maximum atomic E-state index is 11.2. The lowest BCUT2D eigenvalue weighted by Gasteiger charge is -2.23. The average Bonchev–Trinajstić information content (AvgIpc) is 2.50. The van der Waals surface area contributed by atoms with Crippen LogP contribution in [0.5, 0.6) is 5.75 Å². The molecule has 1 aliphatic rings. The highest BCUT2D eigenvalue weighted by Crippen LogP contribution is 2.36. The number of amides is 1. The number of hydrazone groups is 1. The van der Waals surface area contributed by atoms with Gasteiger partial charge in [-0.2, -0.15) is 0 Å². The van der Waals surface area contributed by atoms with Crippen LogP contribution in [0.25, 0.3) is 0 Å². The molecule has 1 atom stereocenters. The van der Waals surface area contributed by atoms with Crippen molar-refractivity contribution in [2.24, 2.45) is 11.0 Å². The zero-order valence-electron chi connectivity index (χ0n) is 17.9. The maximum Gasteiger partial charge on any atom is 0.236 e. The predicted molar refractivity (Wildman–Crippen MR) is 90.9 cm³/mol. The third-order valence-electron chi connectivity index (χ3n) is 2.76. The van der Waals surface area contributed by atoms with Gasteiger partial charge >= 0.3 is 0 Å². The number of hydrogen-bond donors (Lipinski definition) is 3. The molecular formula is C15H17Cl2N3O3. The maximum absolute atomic E-state index is 11.2. The van der Waals surface area contributed by atoms with Gasteiger partial charge in [-0.25, -0.2) is 0 Å². The van der Waals surface area contributed by atoms with Gasteiger partial charge in [0.1, 0.15) is 0 Å². The highest BCUT2D eigenvalue weighted by molar-refractivity contribution is 6.38. The molecule has 6 nitrogen and oxygen atoms in total. The van der Waals surface area contributed by atoms with E-state index < -0.39 is 25.8 Å². The van der Waals surface area contributed by atoms with Crippen LogP contribution in [0.3, 0.4) is 0 Å². The molecule has 1 amide bonds. The monoisotopic (exact) mass is 363 g/mol. The molecule has 2 rings (SSSR count). The molecule has 0 bridgehead atoms. The molecule has 1 unspecified atom stereocenters. The molecule has 0 aliphatic carbocycles. The van der Waals surface area contributed by atoms with Crippen molar-refractivity contribution in [3.63, 3.8) is 0 Å². The molecule has 3 N–H and O–H groups in total. The van der Waals surface area contributed by atoms with Gasteiger partial charge in [-0.05, 0) is 23.6 Å². The summed E-state index contributed by atoms with van der Waals surface area (Å²) in [5, 5.41) is 16.3. The van der Waals surface area contributed by atoms with Crippen LogP contribution < -0.4 is 15.5 Å². The van der Waals surface area contributed by atoms with Crippen LogP contribution in [0.1, 0.15) is 28.9 Å². The van der Waals surface area contributed by atoms with Gasteiger partial charge in [0, 0.05) is 26.9 Å². The lowest BCUT2D eigenvalue weighted by atomic mass is 10.0. The Morgan fingerprint density at radius 2 is 2.13 bits per heavy atom. The van der Waals surface area contributed by atoms with E-state index in [1.165, 1.54) is 19.1 Å². The fourth-order valence-corrected chi connectivity index (χ4v) is 2.35. The Hall–Kier alpha value is -1.76. The lowest BCUT2D eigenvalue weighted by Crippen LogP contribution is -2.34. The molecule has 124 valence electrons. The van der Waals surface area contributed by atoms with Gasteiger partial charge in [0.2, 0.25) is 11.8 Å². The standard InChI is InChI=1S/C15H17Cl2N3O3/c1-7(2)10-6-13(19-20-15(10)22)23-14-11(16)4-9(5-12(14)17)18-8(3)21/h4-7,15,20,22H,1-3H3,(H,18,21)/i1D3,2D3. The molecule has 1 aliphatic heterocycles. The number of anilines is 1. The van der Waals surface area contributed by atoms with E-state index in [0.29, 0.717) is 5.69 Å². The fourth-order valence-electron chi connectivity index (χ4n) is 1.78. The van der Waals surface area contributed by atoms with Gasteiger partial charge < -0.3 is 15.2 Å². The largest absolute Gasteiger partial charge is 0.434 e. The van der Waals surface area contributed by atoms with Crippen molar-refractivity contribution >= 4 is 40.7 Å². The van der Waals surface area contributed by atoms with Gasteiger partial charge in [0.25, 0.3) is 0 Å². The minimum Gasteiger partial charge on any atom is -0.434 e. The quantitative estimate of drug-likeness (QED) is 0.770. The zero-order valence-corrected chi connectivity index (χ0v) is 13.4. The fraction of sp³-hybridized carbons (Fsp3) is 0.333. The van der Waals surface area contributed by atoms with Crippen LogP contribution in [0.15, 0.2) is 28.9 Å². The van der Waals surface area contributed by atoms with Crippen molar-refractivity contribution in [2.45, 2.75) is 26.9 Å². The molecule has 0 saturated heterocycles. The Balaban J connectivity index is 2.39. The first kappa shape index (κ1) is 10.9. The van der Waals surface area contributed by atoms with Crippen molar-refractivity contribution < 1.29 is 22.9 Å². The number of nitrogens with zero attached hydrogens (tertiary/aromatic N) is 1. The van der Waals surface area contributed by atoms with Crippen LogP contribution in [0, 0.1) is 5.92 Å². The number of carbonyl (C=O) groups is 1. The van der Waals surface area contributed by atoms with Crippen LogP contribution >= 0.6 is 23.2 Å². The normalized spacial score (nSPS) is 22.2. The number of aliphatic hydroxyl groups excluding tert-OH is 1. The number of nitrogens with one attached hydrogen (secondary N) is 2. The van der Waals surface area contributed by atoms with E-state index in [4.69, 9.17) is 36.2 Å². The Morgan fingerprint density at radius 1 is 1.48 bits per heavy atom. The Bertz CT molecular complexity index is 833. The van der Waals surface area contributed by atoms with Gasteiger partial charge in [-0.3, -0.25) is 10.2 Å². The van der Waals surface area contributed by atoms with E-state index >= 15 is 0 Å². The second kappa shape index (κ2) is 7.21. The number of ether oxygens (including phenoxy) is 1. The number of aliphatic hydroxyl groups is 1. The van der Waals surface area contributed by atoms with Gasteiger partial charge in [-0.1, -0.05) is 36.9 Å². The molecule has 8 heteroatoms. The Kier molecular flexibility index (Phi) is 3.42. The zero-order chi connectivity index (χ0) is 22.1. The number of rotatable bonds is 3. The van der Waals surface area contributed by atoms with Crippen LogP contribution in [0.4, 0.5) is 5.69 Å². The van der Waals surface area contributed by atoms with Crippen molar-refractivity contribution in [1.82, 2.24) is 5.43 Å². The molecule has 1 aromatic rings. The number of hydrogen-bond acceptors (Lipinski definition) is 5. The highest BCUT2D eigenvalue weighted by Gasteiger charge is 2.21. The summed E-state index contributed by atoms with van der Waals surface area (Å²) in [4.78, 5) is 11.2. The summed E-state index contributed by atoms with van der Waals surface area (Å²) in [7, 11) is 0. The summed E-state index contributed by atoms with van der Waals surface area (Å²) < 4.78 is 50.7. The topological polar surface area (TPSA) is 83.0 Å². The van der Waals surface area contributed by atoms with Gasteiger partial charge in [0.05, 0.1) is 10.0 Å². The average molecular weight is 364 g/mol.